The smallest absolute Gasteiger partial charge is 0.248 e. The summed E-state index contributed by atoms with van der Waals surface area (Å²) in [6.45, 7) is 0.530. The maximum atomic E-state index is 11.1. The number of carbonyl (C=O) groups excluding carboxylic acids is 1. The van der Waals surface area contributed by atoms with E-state index in [9.17, 15) is 4.79 Å². The van der Waals surface area contributed by atoms with Crippen molar-refractivity contribution in [3.8, 4) is 0 Å². The van der Waals surface area contributed by atoms with Crippen LogP contribution in [-0.4, -0.2) is 13.0 Å². The molecular formula is C15H15Cl2N3O. The number of hydrogen-bond donors (Lipinski definition) is 2. The molecular weight excluding hydrogens is 309 g/mol. The minimum atomic E-state index is -0.504. The number of nitrogens with two attached hydrogens (primary N) is 2. The molecule has 0 unspecified atom stereocenters. The second-order valence-electron chi connectivity index (χ2n) is 4.73. The Morgan fingerprint density at radius 2 is 1.90 bits per heavy atom. The van der Waals surface area contributed by atoms with Crippen LogP contribution in [0.2, 0.25) is 10.0 Å². The number of benzene rings is 2. The molecule has 0 radical (unpaired) electrons. The molecule has 0 heterocycles. The van der Waals surface area contributed by atoms with E-state index in [1.54, 1.807) is 36.4 Å². The molecule has 1 amide bonds. The van der Waals surface area contributed by atoms with Gasteiger partial charge in [-0.3, -0.25) is 4.79 Å². The Labute approximate surface area is 133 Å². The molecule has 0 aliphatic carbocycles. The molecule has 0 bridgehead atoms. The van der Waals surface area contributed by atoms with Crippen molar-refractivity contribution in [3.63, 3.8) is 0 Å². The molecule has 4 N–H and O–H groups in total. The maximum Gasteiger partial charge on any atom is 0.248 e. The minimum absolute atomic E-state index is 0.383. The van der Waals surface area contributed by atoms with Gasteiger partial charge in [-0.05, 0) is 35.9 Å². The summed E-state index contributed by atoms with van der Waals surface area (Å²) in [5.41, 5.74) is 13.9. The molecule has 0 aliphatic heterocycles. The van der Waals surface area contributed by atoms with Crippen molar-refractivity contribution in [2.24, 2.45) is 5.73 Å². The van der Waals surface area contributed by atoms with Crippen molar-refractivity contribution in [3.05, 3.63) is 57.6 Å². The fourth-order valence-corrected chi connectivity index (χ4v) is 2.42. The van der Waals surface area contributed by atoms with Crippen LogP contribution in [-0.2, 0) is 6.54 Å². The second-order valence-corrected chi connectivity index (χ2v) is 5.57. The summed E-state index contributed by atoms with van der Waals surface area (Å²) in [5.74, 6) is -0.504. The Bertz CT molecular complexity index is 689. The van der Waals surface area contributed by atoms with Crippen LogP contribution in [0.5, 0.6) is 0 Å². The van der Waals surface area contributed by atoms with Crippen molar-refractivity contribution in [2.45, 2.75) is 6.54 Å². The van der Waals surface area contributed by atoms with Gasteiger partial charge in [0.2, 0.25) is 5.91 Å². The Kier molecular flexibility index (Phi) is 4.60. The lowest BCUT2D eigenvalue weighted by atomic mass is 10.1. The average Bonchev–Trinajstić information content (AvgIpc) is 2.43. The summed E-state index contributed by atoms with van der Waals surface area (Å²) >= 11 is 12.2. The zero-order chi connectivity index (χ0) is 15.6. The molecule has 2 aromatic carbocycles. The summed E-state index contributed by atoms with van der Waals surface area (Å²) in [7, 11) is 1.89. The van der Waals surface area contributed by atoms with Crippen LogP contribution >= 0.6 is 23.2 Å². The molecule has 0 fully saturated rings. The average molecular weight is 324 g/mol. The zero-order valence-corrected chi connectivity index (χ0v) is 12.9. The second kappa shape index (κ2) is 6.24. The van der Waals surface area contributed by atoms with Crippen molar-refractivity contribution >= 4 is 40.5 Å². The van der Waals surface area contributed by atoms with E-state index in [-0.39, 0.29) is 0 Å². The number of halogens is 2. The third kappa shape index (κ3) is 3.60. The third-order valence-corrected chi connectivity index (χ3v) is 3.74. The topological polar surface area (TPSA) is 72.3 Å². The highest BCUT2D eigenvalue weighted by Gasteiger charge is 2.11. The predicted octanol–water partition coefficient (Wildman–Crippen LogP) is 3.31. The van der Waals surface area contributed by atoms with E-state index in [4.69, 9.17) is 34.7 Å². The van der Waals surface area contributed by atoms with E-state index >= 15 is 0 Å². The van der Waals surface area contributed by atoms with Gasteiger partial charge in [0.25, 0.3) is 0 Å². The first-order valence-corrected chi connectivity index (χ1v) is 6.98. The van der Waals surface area contributed by atoms with Gasteiger partial charge in [0.15, 0.2) is 0 Å². The molecule has 0 saturated heterocycles. The number of anilines is 2. The van der Waals surface area contributed by atoms with Crippen molar-refractivity contribution < 1.29 is 4.79 Å². The molecule has 6 heteroatoms. The van der Waals surface area contributed by atoms with E-state index < -0.39 is 5.91 Å². The fourth-order valence-electron chi connectivity index (χ4n) is 2.02. The van der Waals surface area contributed by atoms with Gasteiger partial charge < -0.3 is 16.4 Å². The van der Waals surface area contributed by atoms with Crippen LogP contribution in [0, 0.1) is 0 Å². The van der Waals surface area contributed by atoms with Crippen molar-refractivity contribution in [1.82, 2.24) is 0 Å². The molecule has 0 spiro atoms. The van der Waals surface area contributed by atoms with Crippen LogP contribution in [0.3, 0.4) is 0 Å². The number of hydrogen-bond acceptors (Lipinski definition) is 3. The zero-order valence-electron chi connectivity index (χ0n) is 11.4. The van der Waals surface area contributed by atoms with E-state index in [0.29, 0.717) is 27.8 Å². The van der Waals surface area contributed by atoms with Crippen LogP contribution in [0.4, 0.5) is 11.4 Å². The van der Waals surface area contributed by atoms with E-state index in [1.165, 1.54) is 0 Å². The lowest BCUT2D eigenvalue weighted by Crippen LogP contribution is -2.18. The molecule has 4 nitrogen and oxygen atoms in total. The summed E-state index contributed by atoms with van der Waals surface area (Å²) in [4.78, 5) is 13.0. The standard InChI is InChI=1S/C15H15Cl2N3O/c1-20(14-7-11(16)4-5-13(14)18)8-10-3-2-9(15(19)21)6-12(10)17/h2-7H,8,18H2,1H3,(H2,19,21). The highest BCUT2D eigenvalue weighted by molar-refractivity contribution is 6.32. The molecule has 21 heavy (non-hydrogen) atoms. The Balaban J connectivity index is 2.25. The van der Waals surface area contributed by atoms with Crippen LogP contribution < -0.4 is 16.4 Å². The van der Waals surface area contributed by atoms with E-state index in [2.05, 4.69) is 0 Å². The van der Waals surface area contributed by atoms with Gasteiger partial charge in [-0.15, -0.1) is 0 Å². The van der Waals surface area contributed by atoms with Crippen molar-refractivity contribution in [1.29, 1.82) is 0 Å². The van der Waals surface area contributed by atoms with Gasteiger partial charge in [0.05, 0.1) is 11.4 Å². The summed E-state index contributed by atoms with van der Waals surface area (Å²) in [6, 6.07) is 10.3. The largest absolute Gasteiger partial charge is 0.397 e. The third-order valence-electron chi connectivity index (χ3n) is 3.15. The highest BCUT2D eigenvalue weighted by atomic mass is 35.5. The molecule has 2 rings (SSSR count). The number of rotatable bonds is 4. The minimum Gasteiger partial charge on any atom is -0.397 e. The SMILES string of the molecule is CN(Cc1ccc(C(N)=O)cc1Cl)c1cc(Cl)ccc1N. The summed E-state index contributed by atoms with van der Waals surface area (Å²) < 4.78 is 0. The van der Waals surface area contributed by atoms with Gasteiger partial charge in [0, 0.05) is 29.2 Å². The Morgan fingerprint density at radius 1 is 1.19 bits per heavy atom. The van der Waals surface area contributed by atoms with Gasteiger partial charge in [-0.25, -0.2) is 0 Å². The Hall–Kier alpha value is -1.91. The molecule has 0 aliphatic rings. The molecule has 0 saturated carbocycles. The summed E-state index contributed by atoms with van der Waals surface area (Å²) in [5, 5.41) is 1.10. The normalized spacial score (nSPS) is 10.4. The quantitative estimate of drug-likeness (QED) is 0.848. The molecule has 0 atom stereocenters. The monoisotopic (exact) mass is 323 g/mol. The van der Waals surface area contributed by atoms with E-state index in [1.807, 2.05) is 11.9 Å². The molecule has 0 aromatic heterocycles. The van der Waals surface area contributed by atoms with Gasteiger partial charge in [0.1, 0.15) is 0 Å². The van der Waals surface area contributed by atoms with Crippen LogP contribution in [0.25, 0.3) is 0 Å². The number of amides is 1. The predicted molar refractivity (Wildman–Crippen MR) is 87.9 cm³/mol. The van der Waals surface area contributed by atoms with Crippen molar-refractivity contribution in [2.75, 3.05) is 17.7 Å². The molecule has 2 aromatic rings. The Morgan fingerprint density at radius 3 is 2.52 bits per heavy atom. The van der Waals surface area contributed by atoms with Crippen LogP contribution in [0.1, 0.15) is 15.9 Å². The van der Waals surface area contributed by atoms with Gasteiger partial charge in [-0.2, -0.15) is 0 Å². The molecule has 110 valence electrons. The number of nitrogens with zero attached hydrogens (tertiary/aromatic N) is 1. The van der Waals surface area contributed by atoms with Crippen LogP contribution in [0.15, 0.2) is 36.4 Å². The number of carbonyl (C=O) groups is 1. The maximum absolute atomic E-state index is 11.1. The summed E-state index contributed by atoms with van der Waals surface area (Å²) in [6.07, 6.45) is 0. The van der Waals surface area contributed by atoms with Gasteiger partial charge >= 0.3 is 0 Å². The first-order chi connectivity index (χ1) is 9.88. The fraction of sp³-hybridized carbons (Fsp3) is 0.133. The lowest BCUT2D eigenvalue weighted by Gasteiger charge is -2.22. The first kappa shape index (κ1) is 15.5. The van der Waals surface area contributed by atoms with E-state index in [0.717, 1.165) is 11.3 Å². The van der Waals surface area contributed by atoms with Gasteiger partial charge in [-0.1, -0.05) is 29.3 Å². The first-order valence-electron chi connectivity index (χ1n) is 6.23. The highest BCUT2D eigenvalue weighted by Crippen LogP contribution is 2.28. The number of primary amides is 1. The lowest BCUT2D eigenvalue weighted by molar-refractivity contribution is 0.100. The number of nitrogen functional groups attached to an aromatic ring is 1.